The van der Waals surface area contributed by atoms with E-state index in [4.69, 9.17) is 5.73 Å². The molecule has 1 aliphatic heterocycles. The maximum atomic E-state index is 5.82. The molecule has 0 saturated heterocycles. The Morgan fingerprint density at radius 2 is 2.11 bits per heavy atom. The molecule has 0 saturated carbocycles. The van der Waals surface area contributed by atoms with Gasteiger partial charge >= 0.3 is 0 Å². The van der Waals surface area contributed by atoms with Crippen LogP contribution in [0, 0.1) is 0 Å². The summed E-state index contributed by atoms with van der Waals surface area (Å²) in [6.07, 6.45) is 1.43. The Kier molecular flexibility index (Phi) is 2.00. The number of fused-ring (bicyclic) bond motifs is 2. The zero-order chi connectivity index (χ0) is 12.8. The average Bonchev–Trinajstić information content (AvgIpc) is 3.02. The molecule has 3 aromatic rings. The highest BCUT2D eigenvalue weighted by atomic mass is 15.1. The van der Waals surface area contributed by atoms with Crippen molar-refractivity contribution in [2.75, 3.05) is 17.6 Å². The summed E-state index contributed by atoms with van der Waals surface area (Å²) in [5, 5.41) is 3.38. The minimum absolute atomic E-state index is 0.199. The molecule has 0 fully saturated rings. The number of hydrogen-bond acceptors (Lipinski definition) is 5. The summed E-state index contributed by atoms with van der Waals surface area (Å²) in [6.45, 7) is 0.826. The van der Waals surface area contributed by atoms with Crippen LogP contribution in [-0.4, -0.2) is 26.5 Å². The molecule has 0 bridgehead atoms. The van der Waals surface area contributed by atoms with E-state index in [9.17, 15) is 0 Å². The molecule has 0 spiro atoms. The van der Waals surface area contributed by atoms with Gasteiger partial charge in [-0.2, -0.15) is 0 Å². The fourth-order valence-electron chi connectivity index (χ4n) is 2.56. The first-order chi connectivity index (χ1) is 9.33. The van der Waals surface area contributed by atoms with Crippen molar-refractivity contribution in [2.45, 2.75) is 5.92 Å². The van der Waals surface area contributed by atoms with Crippen LogP contribution < -0.4 is 11.1 Å². The molecule has 6 nitrogen and oxygen atoms in total. The standard InChI is InChI=1S/C13H12N6/c14-11-10-13(17-6-16-11)19-12(18-10)8-5-15-9-4-2-1-3-7(8)9/h1-4,6,8,15H,5H2,(H3,14,16,17,18,19). The lowest BCUT2D eigenvalue weighted by Crippen LogP contribution is -2.05. The lowest BCUT2D eigenvalue weighted by atomic mass is 10.0. The first-order valence-corrected chi connectivity index (χ1v) is 6.12. The highest BCUT2D eigenvalue weighted by Crippen LogP contribution is 2.35. The van der Waals surface area contributed by atoms with Crippen molar-refractivity contribution < 1.29 is 0 Å². The second kappa shape index (κ2) is 3.68. The molecule has 1 atom stereocenters. The van der Waals surface area contributed by atoms with Crippen molar-refractivity contribution in [1.29, 1.82) is 0 Å². The van der Waals surface area contributed by atoms with Gasteiger partial charge in [-0.25, -0.2) is 15.0 Å². The zero-order valence-corrected chi connectivity index (χ0v) is 10.1. The number of rotatable bonds is 1. The SMILES string of the molecule is Nc1ncnc2nc(C3CNc4ccccc43)[nH]c12. The van der Waals surface area contributed by atoms with Gasteiger partial charge in [0, 0.05) is 12.2 Å². The quantitative estimate of drug-likeness (QED) is 0.610. The van der Waals surface area contributed by atoms with Crippen molar-refractivity contribution in [3.63, 3.8) is 0 Å². The topological polar surface area (TPSA) is 92.5 Å². The summed E-state index contributed by atoms with van der Waals surface area (Å²) in [5.74, 6) is 1.51. The number of benzene rings is 1. The fraction of sp³-hybridized carbons (Fsp3) is 0.154. The number of nitrogens with zero attached hydrogens (tertiary/aromatic N) is 3. The summed E-state index contributed by atoms with van der Waals surface area (Å²) in [7, 11) is 0. The second-order valence-electron chi connectivity index (χ2n) is 4.60. The van der Waals surface area contributed by atoms with E-state index in [1.165, 1.54) is 11.9 Å². The summed E-state index contributed by atoms with van der Waals surface area (Å²) in [4.78, 5) is 15.9. The summed E-state index contributed by atoms with van der Waals surface area (Å²) >= 11 is 0. The number of imidazole rings is 1. The van der Waals surface area contributed by atoms with Crippen LogP contribution in [0.25, 0.3) is 11.2 Å². The van der Waals surface area contributed by atoms with Gasteiger partial charge in [-0.15, -0.1) is 0 Å². The molecule has 1 aliphatic rings. The molecule has 0 radical (unpaired) electrons. The largest absolute Gasteiger partial charge is 0.384 e. The number of H-pyrrole nitrogens is 1. The highest BCUT2D eigenvalue weighted by Gasteiger charge is 2.26. The number of aromatic amines is 1. The van der Waals surface area contributed by atoms with Crippen LogP contribution in [0.3, 0.4) is 0 Å². The molecule has 94 valence electrons. The second-order valence-corrected chi connectivity index (χ2v) is 4.60. The van der Waals surface area contributed by atoms with E-state index in [0.717, 1.165) is 18.1 Å². The smallest absolute Gasteiger partial charge is 0.183 e. The van der Waals surface area contributed by atoms with Gasteiger partial charge in [-0.3, -0.25) is 0 Å². The van der Waals surface area contributed by atoms with E-state index >= 15 is 0 Å². The van der Waals surface area contributed by atoms with Gasteiger partial charge in [0.2, 0.25) is 0 Å². The summed E-state index contributed by atoms with van der Waals surface area (Å²) in [5.41, 5.74) is 9.56. The van der Waals surface area contributed by atoms with Crippen LogP contribution in [0.15, 0.2) is 30.6 Å². The highest BCUT2D eigenvalue weighted by molar-refractivity contribution is 5.81. The maximum Gasteiger partial charge on any atom is 0.183 e. The van der Waals surface area contributed by atoms with Gasteiger partial charge in [0.05, 0.1) is 5.92 Å². The van der Waals surface area contributed by atoms with Crippen molar-refractivity contribution in [3.8, 4) is 0 Å². The lowest BCUT2D eigenvalue weighted by Gasteiger charge is -2.05. The van der Waals surface area contributed by atoms with Crippen LogP contribution in [0.1, 0.15) is 17.3 Å². The normalized spacial score (nSPS) is 17.4. The Morgan fingerprint density at radius 1 is 1.21 bits per heavy atom. The third kappa shape index (κ3) is 1.46. The molecule has 4 rings (SSSR count). The molecule has 1 unspecified atom stereocenters. The van der Waals surface area contributed by atoms with Crippen molar-refractivity contribution in [3.05, 3.63) is 42.0 Å². The number of aromatic nitrogens is 4. The molecule has 6 heteroatoms. The molecular formula is C13H12N6. The Hall–Kier alpha value is -2.63. The Bertz CT molecular complexity index is 763. The number of anilines is 2. The number of para-hydroxylation sites is 1. The first-order valence-electron chi connectivity index (χ1n) is 6.12. The first kappa shape index (κ1) is 10.3. The van der Waals surface area contributed by atoms with Crippen LogP contribution in [0.2, 0.25) is 0 Å². The number of nitrogens with two attached hydrogens (primary N) is 1. The predicted octanol–water partition coefficient (Wildman–Crippen LogP) is 1.49. The minimum Gasteiger partial charge on any atom is -0.384 e. The summed E-state index contributed by atoms with van der Waals surface area (Å²) in [6, 6.07) is 8.25. The number of hydrogen-bond donors (Lipinski definition) is 3. The van der Waals surface area contributed by atoms with E-state index < -0.39 is 0 Å². The molecule has 2 aromatic heterocycles. The number of nitrogen functional groups attached to an aromatic ring is 1. The Balaban J connectivity index is 1.86. The van der Waals surface area contributed by atoms with Crippen LogP contribution in [0.4, 0.5) is 11.5 Å². The van der Waals surface area contributed by atoms with Crippen molar-refractivity contribution in [1.82, 2.24) is 19.9 Å². The van der Waals surface area contributed by atoms with E-state index in [2.05, 4.69) is 37.4 Å². The molecular weight excluding hydrogens is 240 g/mol. The van der Waals surface area contributed by atoms with Crippen LogP contribution in [-0.2, 0) is 0 Å². The molecule has 0 aliphatic carbocycles. The number of nitrogens with one attached hydrogen (secondary N) is 2. The van der Waals surface area contributed by atoms with Crippen LogP contribution >= 0.6 is 0 Å². The van der Waals surface area contributed by atoms with E-state index in [-0.39, 0.29) is 5.92 Å². The van der Waals surface area contributed by atoms with Crippen molar-refractivity contribution >= 4 is 22.7 Å². The van der Waals surface area contributed by atoms with Gasteiger partial charge in [-0.05, 0) is 11.6 Å². The van der Waals surface area contributed by atoms with Gasteiger partial charge in [0.1, 0.15) is 17.7 Å². The minimum atomic E-state index is 0.199. The van der Waals surface area contributed by atoms with Gasteiger partial charge in [0.15, 0.2) is 11.5 Å². The van der Waals surface area contributed by atoms with E-state index in [1.807, 2.05) is 12.1 Å². The van der Waals surface area contributed by atoms with E-state index in [1.54, 1.807) is 0 Å². The Morgan fingerprint density at radius 3 is 3.00 bits per heavy atom. The fourth-order valence-corrected chi connectivity index (χ4v) is 2.56. The van der Waals surface area contributed by atoms with Crippen LogP contribution in [0.5, 0.6) is 0 Å². The molecule has 0 amide bonds. The monoisotopic (exact) mass is 252 g/mol. The average molecular weight is 252 g/mol. The maximum absolute atomic E-state index is 5.82. The Labute approximate surface area is 109 Å². The van der Waals surface area contributed by atoms with Gasteiger partial charge < -0.3 is 16.0 Å². The molecule has 19 heavy (non-hydrogen) atoms. The lowest BCUT2D eigenvalue weighted by molar-refractivity contribution is 0.835. The zero-order valence-electron chi connectivity index (χ0n) is 10.1. The molecule has 1 aromatic carbocycles. The third-order valence-corrected chi connectivity index (χ3v) is 3.50. The summed E-state index contributed by atoms with van der Waals surface area (Å²) < 4.78 is 0. The van der Waals surface area contributed by atoms with Gasteiger partial charge in [-0.1, -0.05) is 18.2 Å². The third-order valence-electron chi connectivity index (χ3n) is 3.50. The van der Waals surface area contributed by atoms with Crippen molar-refractivity contribution in [2.24, 2.45) is 0 Å². The predicted molar refractivity (Wildman–Crippen MR) is 72.9 cm³/mol. The van der Waals surface area contributed by atoms with Gasteiger partial charge in [0.25, 0.3) is 0 Å². The molecule has 3 heterocycles. The molecule has 4 N–H and O–H groups in total. The van der Waals surface area contributed by atoms with E-state index in [0.29, 0.717) is 17.0 Å².